The summed E-state index contributed by atoms with van der Waals surface area (Å²) < 4.78 is 1.67. The number of carbonyl (C=O) groups is 2. The first kappa shape index (κ1) is 23.9. The number of amides is 1. The van der Waals surface area contributed by atoms with Crippen LogP contribution in [0.25, 0.3) is 22.3 Å². The minimum Gasteiger partial charge on any atom is -0.481 e. The van der Waals surface area contributed by atoms with Gasteiger partial charge in [0.15, 0.2) is 0 Å². The van der Waals surface area contributed by atoms with E-state index >= 15 is 0 Å². The first-order valence-electron chi connectivity index (χ1n) is 11.6. The Morgan fingerprint density at radius 3 is 2.23 bits per heavy atom. The number of H-pyrrole nitrogens is 1. The Morgan fingerprint density at radius 1 is 0.971 bits per heavy atom. The van der Waals surface area contributed by atoms with E-state index in [1.165, 1.54) is 0 Å². The molecule has 3 aromatic heterocycles. The summed E-state index contributed by atoms with van der Waals surface area (Å²) in [6, 6.07) is 12.7. The summed E-state index contributed by atoms with van der Waals surface area (Å²) in [6.07, 6.45) is 10.8. The molecular weight excluding hydrogens is 442 g/mol. The van der Waals surface area contributed by atoms with Crippen molar-refractivity contribution in [2.45, 2.75) is 38.8 Å². The smallest absolute Gasteiger partial charge is 0.306 e. The second kappa shape index (κ2) is 10.8. The van der Waals surface area contributed by atoms with Crippen molar-refractivity contribution in [3.8, 4) is 22.3 Å². The van der Waals surface area contributed by atoms with Crippen LogP contribution in [-0.2, 0) is 9.59 Å². The van der Waals surface area contributed by atoms with Gasteiger partial charge in [0.2, 0.25) is 5.91 Å². The molecule has 35 heavy (non-hydrogen) atoms. The molecule has 1 amide bonds. The lowest BCUT2D eigenvalue weighted by Crippen LogP contribution is -2.37. The number of aromatic nitrogens is 4. The molecule has 1 aromatic carbocycles. The Labute approximate surface area is 204 Å². The summed E-state index contributed by atoms with van der Waals surface area (Å²) >= 11 is 0. The quantitative estimate of drug-likeness (QED) is 0.306. The predicted octanol–water partition coefficient (Wildman–Crippen LogP) is 4.86. The molecule has 0 saturated heterocycles. The Morgan fingerprint density at radius 2 is 1.63 bits per heavy atom. The number of aromatic amines is 1. The SMILES string of the molecule is CC(C)C[C@H](NC(=O)[C@@H](CC(=O)O)n1ccc(-c2ccc(-c3ccncc3)cc2)c1)c1ncc[nH]1. The van der Waals surface area contributed by atoms with E-state index in [0.29, 0.717) is 18.2 Å². The number of hydrogen-bond donors (Lipinski definition) is 3. The Balaban J connectivity index is 1.54. The fraction of sp³-hybridized carbons (Fsp3) is 0.259. The van der Waals surface area contributed by atoms with Crippen LogP contribution >= 0.6 is 0 Å². The average Bonchev–Trinajstić information content (AvgIpc) is 3.55. The van der Waals surface area contributed by atoms with E-state index in [-0.39, 0.29) is 18.4 Å². The molecular formula is C27H29N5O3. The molecule has 4 aromatic rings. The first-order chi connectivity index (χ1) is 16.9. The van der Waals surface area contributed by atoms with Crippen molar-refractivity contribution in [2.24, 2.45) is 5.92 Å². The fourth-order valence-electron chi connectivity index (χ4n) is 4.12. The third-order valence-corrected chi connectivity index (χ3v) is 5.85. The van der Waals surface area contributed by atoms with E-state index in [1.54, 1.807) is 35.6 Å². The van der Waals surface area contributed by atoms with Crippen LogP contribution in [0.2, 0.25) is 0 Å². The van der Waals surface area contributed by atoms with E-state index in [9.17, 15) is 14.7 Å². The zero-order chi connectivity index (χ0) is 24.8. The molecule has 0 aliphatic rings. The molecule has 4 rings (SSSR count). The number of hydrogen-bond acceptors (Lipinski definition) is 4. The molecule has 0 aliphatic carbocycles. The van der Waals surface area contributed by atoms with Gasteiger partial charge in [0.05, 0.1) is 12.5 Å². The van der Waals surface area contributed by atoms with Crippen molar-refractivity contribution in [3.63, 3.8) is 0 Å². The summed E-state index contributed by atoms with van der Waals surface area (Å²) in [5, 5.41) is 12.5. The molecule has 0 bridgehead atoms. The number of nitrogens with zero attached hydrogens (tertiary/aromatic N) is 3. The number of carboxylic acids is 1. The van der Waals surface area contributed by atoms with Crippen molar-refractivity contribution in [2.75, 3.05) is 0 Å². The largest absolute Gasteiger partial charge is 0.481 e. The van der Waals surface area contributed by atoms with Gasteiger partial charge in [-0.3, -0.25) is 14.6 Å². The predicted molar refractivity (Wildman–Crippen MR) is 133 cm³/mol. The third-order valence-electron chi connectivity index (χ3n) is 5.85. The molecule has 3 N–H and O–H groups in total. The van der Waals surface area contributed by atoms with Crippen molar-refractivity contribution in [1.82, 2.24) is 24.8 Å². The van der Waals surface area contributed by atoms with Crippen molar-refractivity contribution in [1.29, 1.82) is 0 Å². The number of pyridine rings is 1. The van der Waals surface area contributed by atoms with Gasteiger partial charge in [-0.1, -0.05) is 38.1 Å². The van der Waals surface area contributed by atoms with Gasteiger partial charge in [0, 0.05) is 37.2 Å². The first-order valence-corrected chi connectivity index (χ1v) is 11.6. The summed E-state index contributed by atoms with van der Waals surface area (Å²) in [5.41, 5.74) is 4.03. The molecule has 8 heteroatoms. The highest BCUT2D eigenvalue weighted by atomic mass is 16.4. The van der Waals surface area contributed by atoms with E-state index in [2.05, 4.69) is 34.1 Å². The van der Waals surface area contributed by atoms with E-state index in [1.807, 2.05) is 48.7 Å². The van der Waals surface area contributed by atoms with Crippen LogP contribution in [-0.4, -0.2) is 36.5 Å². The van der Waals surface area contributed by atoms with Crippen molar-refractivity contribution in [3.05, 3.63) is 85.5 Å². The number of rotatable bonds is 10. The summed E-state index contributed by atoms with van der Waals surface area (Å²) in [5.74, 6) is -0.426. The zero-order valence-corrected chi connectivity index (χ0v) is 19.8. The molecule has 0 radical (unpaired) electrons. The maximum absolute atomic E-state index is 13.3. The van der Waals surface area contributed by atoms with Crippen LogP contribution in [0.15, 0.2) is 79.6 Å². The summed E-state index contributed by atoms with van der Waals surface area (Å²) in [4.78, 5) is 36.3. The van der Waals surface area contributed by atoms with E-state index in [4.69, 9.17) is 0 Å². The summed E-state index contributed by atoms with van der Waals surface area (Å²) in [6.45, 7) is 4.13. The minimum atomic E-state index is -1.04. The number of imidazole rings is 1. The Kier molecular flexibility index (Phi) is 7.40. The lowest BCUT2D eigenvalue weighted by atomic mass is 10.0. The van der Waals surface area contributed by atoms with Crippen LogP contribution in [0.5, 0.6) is 0 Å². The van der Waals surface area contributed by atoms with Crippen LogP contribution in [0, 0.1) is 5.92 Å². The van der Waals surface area contributed by atoms with Crippen LogP contribution in [0.4, 0.5) is 0 Å². The van der Waals surface area contributed by atoms with Gasteiger partial charge in [-0.15, -0.1) is 0 Å². The van der Waals surface area contributed by atoms with Gasteiger partial charge in [0.25, 0.3) is 0 Å². The highest BCUT2D eigenvalue weighted by molar-refractivity contribution is 5.85. The molecule has 8 nitrogen and oxygen atoms in total. The van der Waals surface area contributed by atoms with Gasteiger partial charge in [0.1, 0.15) is 11.9 Å². The minimum absolute atomic E-state index is 0.316. The second-order valence-corrected chi connectivity index (χ2v) is 8.94. The molecule has 0 saturated carbocycles. The Hall–Kier alpha value is -4.20. The van der Waals surface area contributed by atoms with E-state index < -0.39 is 12.0 Å². The van der Waals surface area contributed by atoms with Gasteiger partial charge in [-0.25, -0.2) is 4.98 Å². The van der Waals surface area contributed by atoms with E-state index in [0.717, 1.165) is 22.3 Å². The van der Waals surface area contributed by atoms with Crippen molar-refractivity contribution >= 4 is 11.9 Å². The molecule has 0 fully saturated rings. The van der Waals surface area contributed by atoms with Gasteiger partial charge in [-0.2, -0.15) is 0 Å². The molecule has 2 atom stereocenters. The topological polar surface area (TPSA) is 113 Å². The van der Waals surface area contributed by atoms with Gasteiger partial charge < -0.3 is 20.0 Å². The maximum Gasteiger partial charge on any atom is 0.306 e. The normalized spacial score (nSPS) is 12.9. The number of nitrogens with one attached hydrogen (secondary N) is 2. The van der Waals surface area contributed by atoms with Crippen LogP contribution in [0.3, 0.4) is 0 Å². The molecule has 180 valence electrons. The number of carboxylic acid groups (broad SMARTS) is 1. The average molecular weight is 472 g/mol. The van der Waals surface area contributed by atoms with Crippen LogP contribution < -0.4 is 5.32 Å². The van der Waals surface area contributed by atoms with Crippen molar-refractivity contribution < 1.29 is 14.7 Å². The molecule has 0 aliphatic heterocycles. The van der Waals surface area contributed by atoms with Gasteiger partial charge >= 0.3 is 5.97 Å². The summed E-state index contributed by atoms with van der Waals surface area (Å²) in [7, 11) is 0. The highest BCUT2D eigenvalue weighted by Gasteiger charge is 2.27. The Bertz CT molecular complexity index is 1250. The third kappa shape index (κ3) is 6.03. The van der Waals surface area contributed by atoms with Gasteiger partial charge in [-0.05, 0) is 52.8 Å². The number of aliphatic carboxylic acids is 1. The standard InChI is InChI=1S/C27H29N5O3/c1-18(2)15-23(26-29-12-13-30-26)31-27(35)24(16-25(33)34)32-14-9-22(17-32)20-5-3-19(4-6-20)21-7-10-28-11-8-21/h3-14,17-18,23-24H,15-16H2,1-2H3,(H,29,30)(H,31,35)(H,33,34)/t23-,24+/m0/s1. The lowest BCUT2D eigenvalue weighted by molar-refractivity contribution is -0.140. The monoisotopic (exact) mass is 471 g/mol. The maximum atomic E-state index is 13.3. The molecule has 0 unspecified atom stereocenters. The molecule has 3 heterocycles. The zero-order valence-electron chi connectivity index (χ0n) is 19.8. The fourth-order valence-corrected chi connectivity index (χ4v) is 4.12. The number of benzene rings is 1. The second-order valence-electron chi connectivity index (χ2n) is 8.94. The number of carbonyl (C=O) groups excluding carboxylic acids is 1. The molecule has 0 spiro atoms. The highest BCUT2D eigenvalue weighted by Crippen LogP contribution is 2.27. The lowest BCUT2D eigenvalue weighted by Gasteiger charge is -2.23. The van der Waals surface area contributed by atoms with Crippen LogP contribution in [0.1, 0.15) is 44.6 Å².